The summed E-state index contributed by atoms with van der Waals surface area (Å²) in [6.07, 6.45) is 0. The summed E-state index contributed by atoms with van der Waals surface area (Å²) >= 11 is 3.27. The molecule has 3 nitrogen and oxygen atoms in total. The van der Waals surface area contributed by atoms with Crippen LogP contribution < -0.4 is 10.6 Å². The Morgan fingerprint density at radius 3 is 2.48 bits per heavy atom. The molecule has 0 saturated carbocycles. The van der Waals surface area contributed by atoms with Gasteiger partial charge in [0.2, 0.25) is 5.91 Å². The van der Waals surface area contributed by atoms with Gasteiger partial charge in [-0.3, -0.25) is 4.79 Å². The van der Waals surface area contributed by atoms with E-state index in [1.54, 1.807) is 19.1 Å². The Hall–Kier alpha value is -1.88. The highest BCUT2D eigenvalue weighted by atomic mass is 79.9. The van der Waals surface area contributed by atoms with Crippen LogP contribution in [0.5, 0.6) is 0 Å². The van der Waals surface area contributed by atoms with Gasteiger partial charge in [0.15, 0.2) is 0 Å². The van der Waals surface area contributed by atoms with Gasteiger partial charge in [0, 0.05) is 10.2 Å². The number of hydrogen-bond acceptors (Lipinski definition) is 2. The third kappa shape index (κ3) is 4.04. The van der Waals surface area contributed by atoms with Crippen LogP contribution in [-0.2, 0) is 4.79 Å². The number of rotatable bonds is 4. The number of anilines is 2. The predicted molar refractivity (Wildman–Crippen MR) is 87.0 cm³/mol. The van der Waals surface area contributed by atoms with Crippen molar-refractivity contribution in [2.75, 3.05) is 10.6 Å². The molecule has 2 aromatic rings. The first-order chi connectivity index (χ1) is 9.97. The second-order valence-electron chi connectivity index (χ2n) is 4.82. The van der Waals surface area contributed by atoms with Gasteiger partial charge < -0.3 is 10.6 Å². The van der Waals surface area contributed by atoms with Crippen LogP contribution in [0.1, 0.15) is 12.5 Å². The van der Waals surface area contributed by atoms with Crippen molar-refractivity contribution in [1.29, 1.82) is 0 Å². The summed E-state index contributed by atoms with van der Waals surface area (Å²) in [5.74, 6) is -0.631. The molecule has 5 heteroatoms. The monoisotopic (exact) mass is 350 g/mol. The minimum atomic E-state index is -0.570. The number of benzene rings is 2. The normalized spacial score (nSPS) is 11.8. The summed E-state index contributed by atoms with van der Waals surface area (Å²) < 4.78 is 14.3. The fourth-order valence-corrected chi connectivity index (χ4v) is 2.26. The number of carbonyl (C=O) groups excluding carboxylic acids is 1. The Labute approximate surface area is 131 Å². The van der Waals surface area contributed by atoms with E-state index in [0.717, 1.165) is 5.56 Å². The van der Waals surface area contributed by atoms with Gasteiger partial charge in [-0.05, 0) is 54.0 Å². The Morgan fingerprint density at radius 1 is 1.19 bits per heavy atom. The number of nitrogens with one attached hydrogen (secondary N) is 2. The first-order valence-corrected chi connectivity index (χ1v) is 7.35. The summed E-state index contributed by atoms with van der Waals surface area (Å²) in [5.41, 5.74) is 2.12. The van der Waals surface area contributed by atoms with E-state index in [1.165, 1.54) is 6.07 Å². The summed E-state index contributed by atoms with van der Waals surface area (Å²) in [5, 5.41) is 5.66. The highest BCUT2D eigenvalue weighted by Crippen LogP contribution is 2.25. The topological polar surface area (TPSA) is 41.1 Å². The minimum Gasteiger partial charge on any atom is -0.371 e. The molecule has 0 aromatic heterocycles. The van der Waals surface area contributed by atoms with Crippen LogP contribution in [0.2, 0.25) is 0 Å². The number of para-hydroxylation sites is 1. The molecule has 1 amide bonds. The van der Waals surface area contributed by atoms with Crippen LogP contribution >= 0.6 is 15.9 Å². The molecule has 2 N–H and O–H groups in total. The fourth-order valence-electron chi connectivity index (χ4n) is 1.81. The lowest BCUT2D eigenvalue weighted by Crippen LogP contribution is -2.32. The van der Waals surface area contributed by atoms with E-state index in [-0.39, 0.29) is 11.6 Å². The molecule has 0 aliphatic heterocycles. The van der Waals surface area contributed by atoms with Crippen LogP contribution in [0.25, 0.3) is 0 Å². The molecule has 0 aliphatic rings. The molecule has 0 saturated heterocycles. The van der Waals surface area contributed by atoms with Gasteiger partial charge >= 0.3 is 0 Å². The van der Waals surface area contributed by atoms with Crippen molar-refractivity contribution in [3.63, 3.8) is 0 Å². The summed E-state index contributed by atoms with van der Waals surface area (Å²) in [4.78, 5) is 12.1. The van der Waals surface area contributed by atoms with Gasteiger partial charge in [-0.2, -0.15) is 0 Å². The second kappa shape index (κ2) is 6.72. The van der Waals surface area contributed by atoms with Gasteiger partial charge in [0.05, 0.1) is 5.69 Å². The maximum Gasteiger partial charge on any atom is 0.246 e. The van der Waals surface area contributed by atoms with Crippen molar-refractivity contribution >= 4 is 33.2 Å². The van der Waals surface area contributed by atoms with Gasteiger partial charge in [-0.15, -0.1) is 0 Å². The van der Waals surface area contributed by atoms with E-state index in [9.17, 15) is 9.18 Å². The smallest absolute Gasteiger partial charge is 0.246 e. The zero-order valence-corrected chi connectivity index (χ0v) is 13.4. The average molecular weight is 351 g/mol. The van der Waals surface area contributed by atoms with Gasteiger partial charge in [0.1, 0.15) is 11.9 Å². The average Bonchev–Trinajstić information content (AvgIpc) is 2.45. The molecule has 2 rings (SSSR count). The molecular weight excluding hydrogens is 335 g/mol. The molecule has 0 radical (unpaired) electrons. The highest BCUT2D eigenvalue weighted by Gasteiger charge is 2.16. The zero-order chi connectivity index (χ0) is 15.4. The summed E-state index contributed by atoms with van der Waals surface area (Å²) in [6.45, 7) is 3.66. The van der Waals surface area contributed by atoms with Crippen molar-refractivity contribution in [2.45, 2.75) is 19.9 Å². The quantitative estimate of drug-likeness (QED) is 0.861. The van der Waals surface area contributed by atoms with Crippen molar-refractivity contribution in [3.8, 4) is 0 Å². The molecule has 110 valence electrons. The SMILES string of the molecule is Cc1ccc(NC(=O)C(C)Nc2c(F)cccc2Br)cc1. The van der Waals surface area contributed by atoms with Gasteiger partial charge in [0.25, 0.3) is 0 Å². The lowest BCUT2D eigenvalue weighted by Gasteiger charge is -2.17. The van der Waals surface area contributed by atoms with Crippen molar-refractivity contribution in [3.05, 3.63) is 58.3 Å². The highest BCUT2D eigenvalue weighted by molar-refractivity contribution is 9.10. The Kier molecular flexibility index (Phi) is 4.96. The van der Waals surface area contributed by atoms with E-state index in [2.05, 4.69) is 26.6 Å². The molecule has 0 aliphatic carbocycles. The number of aryl methyl sites for hydroxylation is 1. The molecule has 1 unspecified atom stereocenters. The lowest BCUT2D eigenvalue weighted by molar-refractivity contribution is -0.116. The van der Waals surface area contributed by atoms with E-state index >= 15 is 0 Å². The second-order valence-corrected chi connectivity index (χ2v) is 5.67. The van der Waals surface area contributed by atoms with Crippen LogP contribution in [0.4, 0.5) is 15.8 Å². The molecule has 0 bridgehead atoms. The van der Waals surface area contributed by atoms with Crippen LogP contribution in [0, 0.1) is 12.7 Å². The minimum absolute atomic E-state index is 0.228. The lowest BCUT2D eigenvalue weighted by atomic mass is 10.2. The molecule has 21 heavy (non-hydrogen) atoms. The van der Waals surface area contributed by atoms with E-state index in [1.807, 2.05) is 31.2 Å². The molecule has 0 heterocycles. The van der Waals surface area contributed by atoms with E-state index < -0.39 is 11.9 Å². The molecule has 1 atom stereocenters. The first kappa shape index (κ1) is 15.5. The number of halogens is 2. The van der Waals surface area contributed by atoms with E-state index in [0.29, 0.717) is 10.2 Å². The molecular formula is C16H16BrFN2O. The zero-order valence-electron chi connectivity index (χ0n) is 11.8. The Morgan fingerprint density at radius 2 is 1.86 bits per heavy atom. The number of amides is 1. The molecule has 0 spiro atoms. The van der Waals surface area contributed by atoms with Gasteiger partial charge in [-0.25, -0.2) is 4.39 Å². The number of carbonyl (C=O) groups is 1. The Balaban J connectivity index is 2.04. The third-order valence-electron chi connectivity index (χ3n) is 3.04. The van der Waals surface area contributed by atoms with Crippen LogP contribution in [0.3, 0.4) is 0 Å². The van der Waals surface area contributed by atoms with Crippen molar-refractivity contribution in [2.24, 2.45) is 0 Å². The fraction of sp³-hybridized carbons (Fsp3) is 0.188. The van der Waals surface area contributed by atoms with Crippen molar-refractivity contribution < 1.29 is 9.18 Å². The van der Waals surface area contributed by atoms with E-state index in [4.69, 9.17) is 0 Å². The summed E-state index contributed by atoms with van der Waals surface area (Å²) in [6, 6.07) is 11.6. The van der Waals surface area contributed by atoms with Crippen molar-refractivity contribution in [1.82, 2.24) is 0 Å². The largest absolute Gasteiger partial charge is 0.371 e. The van der Waals surface area contributed by atoms with Crippen LogP contribution in [0.15, 0.2) is 46.9 Å². The summed E-state index contributed by atoms with van der Waals surface area (Å²) in [7, 11) is 0. The molecule has 2 aromatic carbocycles. The first-order valence-electron chi connectivity index (χ1n) is 6.55. The predicted octanol–water partition coefficient (Wildman–Crippen LogP) is 4.34. The maximum atomic E-state index is 13.7. The third-order valence-corrected chi connectivity index (χ3v) is 3.70. The Bertz CT molecular complexity index is 623. The standard InChI is InChI=1S/C16H16BrFN2O/c1-10-6-8-12(9-7-10)20-16(21)11(2)19-15-13(17)4-3-5-14(15)18/h3-9,11,19H,1-2H3,(H,20,21). The molecule has 0 fully saturated rings. The van der Waals surface area contributed by atoms with Crippen LogP contribution in [-0.4, -0.2) is 11.9 Å². The van der Waals surface area contributed by atoms with Gasteiger partial charge in [-0.1, -0.05) is 23.8 Å². The number of hydrogen-bond donors (Lipinski definition) is 2. The maximum absolute atomic E-state index is 13.7.